The van der Waals surface area contributed by atoms with Gasteiger partial charge in [-0.25, -0.2) is 19.1 Å². The Kier molecular flexibility index (Phi) is 6.50. The number of carboxylic acids is 1. The van der Waals surface area contributed by atoms with Crippen LogP contribution >= 0.6 is 0 Å². The Morgan fingerprint density at radius 1 is 1.19 bits per heavy atom. The van der Waals surface area contributed by atoms with Gasteiger partial charge in [0, 0.05) is 51.2 Å². The number of hydrogen-bond acceptors (Lipinski definition) is 8. The van der Waals surface area contributed by atoms with Gasteiger partial charge in [-0.15, -0.1) is 5.10 Å². The number of ether oxygens (including phenoxy) is 2. The van der Waals surface area contributed by atoms with E-state index in [-0.39, 0.29) is 35.7 Å². The molecule has 5 aliphatic heterocycles. The first-order valence-corrected chi connectivity index (χ1v) is 16.3. The molecular formula is C34H41N7O6. The molecule has 6 fully saturated rings. The molecular weight excluding hydrogens is 602 g/mol. The minimum atomic E-state index is -1.60. The molecule has 4 unspecified atom stereocenters. The minimum Gasteiger partial charge on any atom is -0.479 e. The van der Waals surface area contributed by atoms with Crippen molar-refractivity contribution in [1.29, 1.82) is 0 Å². The van der Waals surface area contributed by atoms with Crippen LogP contribution in [0.2, 0.25) is 0 Å². The molecule has 2 bridgehead atoms. The average molecular weight is 644 g/mol. The molecule has 1 spiro atoms. The number of rotatable bonds is 8. The number of pyridine rings is 1. The van der Waals surface area contributed by atoms with E-state index in [1.807, 2.05) is 9.42 Å². The molecule has 5 atom stereocenters. The van der Waals surface area contributed by atoms with Crippen LogP contribution < -0.4 is 10.2 Å². The smallest absolute Gasteiger partial charge is 0.336 e. The number of nitrogens with zero attached hydrogens (tertiary/aromatic N) is 6. The van der Waals surface area contributed by atoms with Crippen LogP contribution in [0.1, 0.15) is 50.1 Å². The summed E-state index contributed by atoms with van der Waals surface area (Å²) in [6.45, 7) is 9.23. The predicted octanol–water partition coefficient (Wildman–Crippen LogP) is 2.31. The standard InChI is InChI=1S/C34H41N7O6/c1-21-12-24(38-11-10-31(2,17-38)23-8-6-5-7-9-23)15-41-27(21)35-28(37-41)34-13-22(16-47-34)26(34)40-20-33(36-30(40)45)18-39(19-33)25(42)14-32(3,46-4)29(43)44/h5-9,12,15,22,26H,10-11,13-14,16-20H2,1-4H3,(H,36,45)(H,43,44)/t22?,26?,31-,32?,34?/m0/s1. The van der Waals surface area contributed by atoms with Crippen molar-refractivity contribution in [3.05, 3.63) is 59.5 Å². The molecule has 3 aromatic rings. The zero-order valence-electron chi connectivity index (χ0n) is 27.2. The molecule has 6 aliphatic rings. The second kappa shape index (κ2) is 10.1. The Morgan fingerprint density at radius 2 is 1.96 bits per heavy atom. The molecule has 1 aliphatic carbocycles. The Labute approximate surface area is 272 Å². The third kappa shape index (κ3) is 4.46. The number of aromatic nitrogens is 3. The largest absolute Gasteiger partial charge is 0.479 e. The van der Waals surface area contributed by atoms with E-state index in [4.69, 9.17) is 19.6 Å². The molecule has 5 saturated heterocycles. The van der Waals surface area contributed by atoms with Crippen LogP contribution in [0.25, 0.3) is 5.65 Å². The molecule has 3 amide bonds. The van der Waals surface area contributed by atoms with E-state index in [1.54, 1.807) is 4.90 Å². The maximum atomic E-state index is 13.4. The lowest BCUT2D eigenvalue weighted by Gasteiger charge is -2.50. The summed E-state index contributed by atoms with van der Waals surface area (Å²) in [6.07, 6.45) is 3.59. The number of carboxylic acid groups (broad SMARTS) is 1. The maximum Gasteiger partial charge on any atom is 0.336 e. The number of carbonyl (C=O) groups is 3. The van der Waals surface area contributed by atoms with Gasteiger partial charge in [0.15, 0.2) is 22.7 Å². The van der Waals surface area contributed by atoms with Gasteiger partial charge >= 0.3 is 12.0 Å². The van der Waals surface area contributed by atoms with Crippen LogP contribution in [0, 0.1) is 12.8 Å². The van der Waals surface area contributed by atoms with Crippen LogP contribution in [0.15, 0.2) is 42.6 Å². The number of fused-ring (bicyclic) bond motifs is 2. The van der Waals surface area contributed by atoms with Crippen LogP contribution in [0.4, 0.5) is 10.5 Å². The van der Waals surface area contributed by atoms with Crippen molar-refractivity contribution in [2.24, 2.45) is 5.92 Å². The van der Waals surface area contributed by atoms with Crippen molar-refractivity contribution >= 4 is 29.2 Å². The summed E-state index contributed by atoms with van der Waals surface area (Å²) in [4.78, 5) is 48.8. The fraction of sp³-hybridized carbons (Fsp3) is 0.559. The highest BCUT2D eigenvalue weighted by atomic mass is 16.5. The Hall–Kier alpha value is -4.23. The van der Waals surface area contributed by atoms with Crippen molar-refractivity contribution in [2.75, 3.05) is 51.3 Å². The highest BCUT2D eigenvalue weighted by Crippen LogP contribution is 2.57. The number of aryl methyl sites for hydroxylation is 1. The van der Waals surface area contributed by atoms with E-state index in [0.29, 0.717) is 32.1 Å². The molecule has 0 radical (unpaired) electrons. The second-order valence-corrected chi connectivity index (χ2v) is 14.8. The van der Waals surface area contributed by atoms with Gasteiger partial charge in [-0.3, -0.25) is 4.79 Å². The first kappa shape index (κ1) is 30.1. The third-order valence-corrected chi connectivity index (χ3v) is 11.5. The SMILES string of the molecule is COC(C)(CC(=O)N1CC2(C1)CN(C1C3COC1(c1nc4c(C)cc(N5CC[C@](C)(c6ccccc6)C5)cn4n1)C3)C(=O)N2)C(=O)O. The molecule has 2 aromatic heterocycles. The number of benzene rings is 1. The van der Waals surface area contributed by atoms with Gasteiger partial charge in [0.25, 0.3) is 0 Å². The fourth-order valence-corrected chi connectivity index (χ4v) is 8.56. The third-order valence-electron chi connectivity index (χ3n) is 11.5. The number of urea groups is 1. The quantitative estimate of drug-likeness (QED) is 0.378. The summed E-state index contributed by atoms with van der Waals surface area (Å²) in [5, 5.41) is 17.6. The molecule has 47 heavy (non-hydrogen) atoms. The number of carbonyl (C=O) groups excluding carboxylic acids is 2. The van der Waals surface area contributed by atoms with E-state index in [1.165, 1.54) is 19.6 Å². The van der Waals surface area contributed by atoms with Gasteiger partial charge < -0.3 is 34.6 Å². The summed E-state index contributed by atoms with van der Waals surface area (Å²) in [5.41, 5.74) is 1.37. The Balaban J connectivity index is 0.991. The topological polar surface area (TPSA) is 142 Å². The van der Waals surface area contributed by atoms with Crippen LogP contribution in [0.5, 0.6) is 0 Å². The first-order valence-electron chi connectivity index (χ1n) is 16.3. The molecule has 13 heteroatoms. The highest BCUT2D eigenvalue weighted by Gasteiger charge is 2.69. The van der Waals surface area contributed by atoms with Gasteiger partial charge in [-0.1, -0.05) is 37.3 Å². The highest BCUT2D eigenvalue weighted by molar-refractivity contribution is 5.88. The number of methoxy groups -OCH3 is 1. The summed E-state index contributed by atoms with van der Waals surface area (Å²) in [7, 11) is 1.28. The summed E-state index contributed by atoms with van der Waals surface area (Å²) in [6, 6.07) is 12.5. The molecule has 9 rings (SSSR count). The normalized spacial score (nSPS) is 30.4. The lowest BCUT2D eigenvalue weighted by Crippen LogP contribution is -2.70. The number of hydrogen-bond donors (Lipinski definition) is 2. The van der Waals surface area contributed by atoms with Gasteiger partial charge in [0.2, 0.25) is 5.91 Å². The summed E-state index contributed by atoms with van der Waals surface area (Å²) in [5.74, 6) is -0.737. The van der Waals surface area contributed by atoms with Crippen molar-refractivity contribution in [1.82, 2.24) is 29.7 Å². The zero-order valence-corrected chi connectivity index (χ0v) is 27.2. The van der Waals surface area contributed by atoms with Crippen molar-refractivity contribution in [3.63, 3.8) is 0 Å². The van der Waals surface area contributed by atoms with Crippen molar-refractivity contribution in [3.8, 4) is 0 Å². The molecule has 2 N–H and O–H groups in total. The molecule has 7 heterocycles. The minimum absolute atomic E-state index is 0.0733. The zero-order chi connectivity index (χ0) is 32.9. The lowest BCUT2D eigenvalue weighted by molar-refractivity contribution is -0.167. The number of aliphatic carboxylic acids is 1. The fourth-order valence-electron chi connectivity index (χ4n) is 8.56. The second-order valence-electron chi connectivity index (χ2n) is 14.8. The van der Waals surface area contributed by atoms with Gasteiger partial charge in [0.1, 0.15) is 0 Å². The van der Waals surface area contributed by atoms with Crippen LogP contribution in [-0.4, -0.2) is 111 Å². The maximum absolute atomic E-state index is 13.4. The number of anilines is 1. The van der Waals surface area contributed by atoms with Crippen LogP contribution in [-0.2, 0) is 30.1 Å². The molecule has 1 aromatic carbocycles. The predicted molar refractivity (Wildman–Crippen MR) is 170 cm³/mol. The van der Waals surface area contributed by atoms with Crippen molar-refractivity contribution < 1.29 is 29.0 Å². The average Bonchev–Trinajstić information content (AvgIpc) is 3.85. The molecule has 13 nitrogen and oxygen atoms in total. The Bertz CT molecular complexity index is 1790. The van der Waals surface area contributed by atoms with Gasteiger partial charge in [0.05, 0.1) is 36.5 Å². The molecule has 248 valence electrons. The summed E-state index contributed by atoms with van der Waals surface area (Å²) < 4.78 is 13.4. The van der Waals surface area contributed by atoms with Crippen LogP contribution in [0.3, 0.4) is 0 Å². The van der Waals surface area contributed by atoms with E-state index in [0.717, 1.165) is 42.8 Å². The Morgan fingerprint density at radius 3 is 2.66 bits per heavy atom. The number of amides is 3. The van der Waals surface area contributed by atoms with Gasteiger partial charge in [-0.05, 0) is 43.9 Å². The van der Waals surface area contributed by atoms with E-state index in [9.17, 15) is 19.5 Å². The van der Waals surface area contributed by atoms with E-state index in [2.05, 4.69) is 66.7 Å². The van der Waals surface area contributed by atoms with Gasteiger partial charge in [-0.2, -0.15) is 0 Å². The number of likely N-dealkylation sites (tertiary alicyclic amines) is 1. The summed E-state index contributed by atoms with van der Waals surface area (Å²) >= 11 is 0. The van der Waals surface area contributed by atoms with E-state index >= 15 is 0 Å². The first-order chi connectivity index (χ1) is 22.4. The van der Waals surface area contributed by atoms with E-state index < -0.39 is 22.7 Å². The lowest BCUT2D eigenvalue weighted by atomic mass is 9.67. The van der Waals surface area contributed by atoms with Crippen molar-refractivity contribution in [2.45, 2.75) is 68.2 Å². The number of nitrogens with one attached hydrogen (secondary N) is 1. The monoisotopic (exact) mass is 643 g/mol. The molecule has 1 saturated carbocycles.